The maximum Gasteiger partial charge on any atom is 0.230 e. The normalized spacial score (nSPS) is 17.9. The molecule has 0 N–H and O–H groups in total. The average Bonchev–Trinajstić information content (AvgIpc) is 2.72. The molecular weight excluding hydrogens is 276 g/mol. The van der Waals surface area contributed by atoms with Gasteiger partial charge in [0.1, 0.15) is 11.5 Å². The van der Waals surface area contributed by atoms with Gasteiger partial charge in [-0.1, -0.05) is 12.1 Å². The highest BCUT2D eigenvalue weighted by Crippen LogP contribution is 2.36. The van der Waals surface area contributed by atoms with E-state index in [4.69, 9.17) is 9.73 Å². The molecule has 1 aromatic heterocycles. The first-order valence-electron chi connectivity index (χ1n) is 7.56. The Morgan fingerprint density at radius 3 is 2.68 bits per heavy atom. The number of aromatic nitrogens is 1. The Balaban J connectivity index is 1.82. The second-order valence-corrected chi connectivity index (χ2v) is 5.65. The number of hydrogen-bond acceptors (Lipinski definition) is 5. The van der Waals surface area contributed by atoms with Crippen LogP contribution in [0.15, 0.2) is 47.6 Å². The summed E-state index contributed by atoms with van der Waals surface area (Å²) in [5, 5.41) is 0. The molecule has 0 unspecified atom stereocenters. The number of nitrogens with zero attached hydrogens (tertiary/aromatic N) is 4. The topological polar surface area (TPSA) is 41.0 Å². The van der Waals surface area contributed by atoms with Crippen molar-refractivity contribution >= 4 is 11.5 Å². The van der Waals surface area contributed by atoms with E-state index in [1.165, 1.54) is 0 Å². The van der Waals surface area contributed by atoms with Crippen molar-refractivity contribution in [3.8, 4) is 11.6 Å². The summed E-state index contributed by atoms with van der Waals surface area (Å²) < 4.78 is 5.98. The number of piperazine rings is 1. The molecule has 2 aliphatic heterocycles. The minimum Gasteiger partial charge on any atom is -0.436 e. The quantitative estimate of drug-likeness (QED) is 0.748. The highest BCUT2D eigenvalue weighted by molar-refractivity contribution is 6.03. The lowest BCUT2D eigenvalue weighted by Crippen LogP contribution is -2.47. The number of ether oxygens (including phenoxy) is 1. The fourth-order valence-corrected chi connectivity index (χ4v) is 2.82. The van der Waals surface area contributed by atoms with Crippen molar-refractivity contribution < 1.29 is 4.74 Å². The third-order valence-corrected chi connectivity index (χ3v) is 4.11. The summed E-state index contributed by atoms with van der Waals surface area (Å²) in [6.07, 6.45) is 1.76. The minimum absolute atomic E-state index is 0.630. The number of fused-ring (bicyclic) bond motifs is 2. The van der Waals surface area contributed by atoms with Gasteiger partial charge in [0.05, 0.1) is 5.56 Å². The molecule has 0 atom stereocenters. The molecule has 1 fully saturated rings. The Bertz CT molecular complexity index is 720. The van der Waals surface area contributed by atoms with Crippen LogP contribution in [0.1, 0.15) is 5.56 Å². The molecule has 0 saturated carbocycles. The molecule has 0 spiro atoms. The molecule has 0 radical (unpaired) electrons. The van der Waals surface area contributed by atoms with Gasteiger partial charge in [-0.3, -0.25) is 0 Å². The molecule has 4 rings (SSSR count). The van der Waals surface area contributed by atoms with Gasteiger partial charge in [-0.25, -0.2) is 9.98 Å². The Morgan fingerprint density at radius 1 is 1.00 bits per heavy atom. The van der Waals surface area contributed by atoms with E-state index in [0.717, 1.165) is 49.0 Å². The van der Waals surface area contributed by atoms with Gasteiger partial charge >= 0.3 is 0 Å². The summed E-state index contributed by atoms with van der Waals surface area (Å²) in [5.41, 5.74) is 1.82. The maximum absolute atomic E-state index is 5.98. The first-order valence-corrected chi connectivity index (χ1v) is 7.56. The van der Waals surface area contributed by atoms with Crippen LogP contribution in [0.25, 0.3) is 0 Å². The van der Waals surface area contributed by atoms with Crippen molar-refractivity contribution in [3.63, 3.8) is 0 Å². The number of para-hydroxylation sites is 2. The number of aliphatic imine (C=N–C) groups is 1. The van der Waals surface area contributed by atoms with Crippen LogP contribution >= 0.6 is 0 Å². The molecule has 5 nitrogen and oxygen atoms in total. The average molecular weight is 294 g/mol. The monoisotopic (exact) mass is 294 g/mol. The summed E-state index contributed by atoms with van der Waals surface area (Å²) in [7, 11) is 2.15. The number of hydrogen-bond donors (Lipinski definition) is 0. The lowest BCUT2D eigenvalue weighted by Gasteiger charge is -2.34. The molecule has 0 aliphatic carbocycles. The van der Waals surface area contributed by atoms with Crippen LogP contribution < -0.4 is 4.74 Å². The van der Waals surface area contributed by atoms with E-state index < -0.39 is 0 Å². The summed E-state index contributed by atoms with van der Waals surface area (Å²) in [6, 6.07) is 11.8. The molecule has 2 aromatic rings. The van der Waals surface area contributed by atoms with Gasteiger partial charge in [0.2, 0.25) is 5.88 Å². The second kappa shape index (κ2) is 5.42. The number of benzene rings is 1. The van der Waals surface area contributed by atoms with Crippen molar-refractivity contribution in [2.24, 2.45) is 4.99 Å². The van der Waals surface area contributed by atoms with Crippen molar-refractivity contribution in [3.05, 3.63) is 48.2 Å². The lowest BCUT2D eigenvalue weighted by molar-refractivity contribution is 0.215. The van der Waals surface area contributed by atoms with Crippen LogP contribution in [0.3, 0.4) is 0 Å². The van der Waals surface area contributed by atoms with E-state index in [2.05, 4.69) is 21.8 Å². The molecular formula is C17H18N4O. The first kappa shape index (κ1) is 13.3. The van der Waals surface area contributed by atoms with Gasteiger partial charge in [0.25, 0.3) is 0 Å². The number of likely N-dealkylation sites (N-methyl/N-ethyl adjacent to an activating group) is 1. The van der Waals surface area contributed by atoms with Crippen LogP contribution in [-0.4, -0.2) is 53.8 Å². The predicted molar refractivity (Wildman–Crippen MR) is 86.0 cm³/mol. The van der Waals surface area contributed by atoms with Crippen molar-refractivity contribution in [2.75, 3.05) is 33.2 Å². The van der Waals surface area contributed by atoms with Gasteiger partial charge in [-0.05, 0) is 31.3 Å². The van der Waals surface area contributed by atoms with E-state index in [-0.39, 0.29) is 0 Å². The molecule has 3 heterocycles. The molecule has 22 heavy (non-hydrogen) atoms. The Hall–Kier alpha value is -2.40. The molecule has 5 heteroatoms. The third-order valence-electron chi connectivity index (χ3n) is 4.11. The van der Waals surface area contributed by atoms with E-state index in [9.17, 15) is 0 Å². The highest BCUT2D eigenvalue weighted by atomic mass is 16.5. The van der Waals surface area contributed by atoms with E-state index in [0.29, 0.717) is 5.88 Å². The zero-order valence-electron chi connectivity index (χ0n) is 12.6. The van der Waals surface area contributed by atoms with Crippen molar-refractivity contribution in [2.45, 2.75) is 0 Å². The number of rotatable bonds is 0. The van der Waals surface area contributed by atoms with Gasteiger partial charge in [-0.2, -0.15) is 0 Å². The molecule has 112 valence electrons. The van der Waals surface area contributed by atoms with Crippen LogP contribution in [-0.2, 0) is 0 Å². The molecule has 2 aliphatic rings. The number of pyridine rings is 1. The van der Waals surface area contributed by atoms with E-state index in [1.54, 1.807) is 6.20 Å². The van der Waals surface area contributed by atoms with Crippen LogP contribution in [0.5, 0.6) is 11.6 Å². The van der Waals surface area contributed by atoms with E-state index >= 15 is 0 Å². The Kier molecular flexibility index (Phi) is 3.27. The summed E-state index contributed by atoms with van der Waals surface area (Å²) in [5.74, 6) is 2.35. The SMILES string of the molecule is CN1CCN(C2=Nc3ccccc3Oc3ncccc32)CC1. The molecule has 0 bridgehead atoms. The molecule has 1 saturated heterocycles. The standard InChI is InChI=1S/C17H18N4O/c1-20-9-11-21(12-10-20)16-13-5-4-8-18-17(13)22-15-7-3-2-6-14(15)19-16/h2-8H,9-12H2,1H3. The number of amidine groups is 1. The van der Waals surface area contributed by atoms with Gasteiger partial charge < -0.3 is 14.5 Å². The fraction of sp³-hybridized carbons (Fsp3) is 0.294. The zero-order valence-corrected chi connectivity index (χ0v) is 12.6. The summed E-state index contributed by atoms with van der Waals surface area (Å²) in [4.78, 5) is 13.9. The Labute approximate surface area is 129 Å². The molecule has 0 amide bonds. The predicted octanol–water partition coefficient (Wildman–Crippen LogP) is 2.51. The van der Waals surface area contributed by atoms with Crippen LogP contribution in [0, 0.1) is 0 Å². The second-order valence-electron chi connectivity index (χ2n) is 5.65. The zero-order chi connectivity index (χ0) is 14.9. The minimum atomic E-state index is 0.630. The highest BCUT2D eigenvalue weighted by Gasteiger charge is 2.25. The van der Waals surface area contributed by atoms with Gasteiger partial charge in [0.15, 0.2) is 5.75 Å². The molecule has 1 aromatic carbocycles. The fourth-order valence-electron chi connectivity index (χ4n) is 2.82. The summed E-state index contributed by atoms with van der Waals surface area (Å²) >= 11 is 0. The van der Waals surface area contributed by atoms with Gasteiger partial charge in [0, 0.05) is 32.4 Å². The maximum atomic E-state index is 5.98. The van der Waals surface area contributed by atoms with Crippen molar-refractivity contribution in [1.82, 2.24) is 14.8 Å². The van der Waals surface area contributed by atoms with Gasteiger partial charge in [-0.15, -0.1) is 0 Å². The summed E-state index contributed by atoms with van der Waals surface area (Å²) in [6.45, 7) is 4.01. The van der Waals surface area contributed by atoms with Crippen LogP contribution in [0.2, 0.25) is 0 Å². The van der Waals surface area contributed by atoms with E-state index in [1.807, 2.05) is 36.4 Å². The largest absolute Gasteiger partial charge is 0.436 e. The first-order chi connectivity index (χ1) is 10.8. The smallest absolute Gasteiger partial charge is 0.230 e. The third kappa shape index (κ3) is 2.33. The Morgan fingerprint density at radius 2 is 1.82 bits per heavy atom. The lowest BCUT2D eigenvalue weighted by atomic mass is 10.2. The van der Waals surface area contributed by atoms with Crippen LogP contribution in [0.4, 0.5) is 5.69 Å². The van der Waals surface area contributed by atoms with Crippen molar-refractivity contribution in [1.29, 1.82) is 0 Å².